The van der Waals surface area contributed by atoms with Crippen molar-refractivity contribution in [2.45, 2.75) is 19.9 Å². The fourth-order valence-electron chi connectivity index (χ4n) is 4.67. The van der Waals surface area contributed by atoms with Crippen molar-refractivity contribution in [2.24, 2.45) is 4.99 Å². The fourth-order valence-corrected chi connectivity index (χ4v) is 5.80. The Kier molecular flexibility index (Phi) is 8.91. The van der Waals surface area contributed by atoms with Crippen LogP contribution >= 0.6 is 22.9 Å². The molecule has 1 atom stereocenters. The molecule has 1 aliphatic heterocycles. The van der Waals surface area contributed by atoms with Crippen LogP contribution in [0.1, 0.15) is 36.6 Å². The molecule has 0 saturated heterocycles. The summed E-state index contributed by atoms with van der Waals surface area (Å²) in [5.74, 6) is 2.94. The van der Waals surface area contributed by atoms with E-state index in [0.29, 0.717) is 43.7 Å². The van der Waals surface area contributed by atoms with Crippen molar-refractivity contribution in [3.8, 4) is 23.8 Å². The Hall–Kier alpha value is -4.58. The first-order chi connectivity index (χ1) is 20.4. The highest BCUT2D eigenvalue weighted by Crippen LogP contribution is 2.35. The van der Waals surface area contributed by atoms with Crippen LogP contribution in [0.15, 0.2) is 88.2 Å². The van der Waals surface area contributed by atoms with Gasteiger partial charge in [-0.3, -0.25) is 9.36 Å². The number of esters is 1. The highest BCUT2D eigenvalue weighted by atomic mass is 35.5. The van der Waals surface area contributed by atoms with Gasteiger partial charge >= 0.3 is 5.97 Å². The number of carbonyl (C=O) groups excluding carboxylic acids is 1. The number of rotatable bonds is 9. The van der Waals surface area contributed by atoms with Gasteiger partial charge in [0.25, 0.3) is 5.56 Å². The summed E-state index contributed by atoms with van der Waals surface area (Å²) in [4.78, 5) is 32.9. The van der Waals surface area contributed by atoms with Crippen molar-refractivity contribution in [1.82, 2.24) is 4.57 Å². The standard InChI is InChI=1S/C33H27ClN2O5S/c1-4-18-41-25-17-12-21(19-26(25)39-5-2)20-27-31(37)36-30(23-13-15-24(34)16-14-23)28(32(38)40-6-3)29(35-33(36)42-27)22-10-8-7-9-11-22/h1,7-17,19-20,30H,5-6,18H2,2-3H3/b27-20-/t30-/m1/s1. The molecule has 0 fully saturated rings. The molecule has 2 heterocycles. The number of hydrogen-bond donors (Lipinski definition) is 0. The molecule has 7 nitrogen and oxygen atoms in total. The van der Waals surface area contributed by atoms with Gasteiger partial charge in [-0.05, 0) is 55.3 Å². The van der Waals surface area contributed by atoms with Gasteiger partial charge in [-0.25, -0.2) is 9.79 Å². The molecule has 42 heavy (non-hydrogen) atoms. The number of carbonyl (C=O) groups is 1. The summed E-state index contributed by atoms with van der Waals surface area (Å²) in [6.07, 6.45) is 7.11. The predicted octanol–water partition coefficient (Wildman–Crippen LogP) is 5.00. The lowest BCUT2D eigenvalue weighted by molar-refractivity contribution is -0.138. The molecule has 0 N–H and O–H groups in total. The number of aromatic nitrogens is 1. The summed E-state index contributed by atoms with van der Waals surface area (Å²) >= 11 is 7.44. The lowest BCUT2D eigenvalue weighted by Crippen LogP contribution is -2.40. The van der Waals surface area contributed by atoms with Gasteiger partial charge in [0.1, 0.15) is 6.61 Å². The minimum atomic E-state index is -0.784. The highest BCUT2D eigenvalue weighted by molar-refractivity contribution is 7.07. The van der Waals surface area contributed by atoms with Gasteiger partial charge in [0.2, 0.25) is 0 Å². The molecule has 0 saturated carbocycles. The molecule has 212 valence electrons. The minimum Gasteiger partial charge on any atom is -0.490 e. The molecule has 0 amide bonds. The zero-order chi connectivity index (χ0) is 29.6. The molecule has 1 aromatic heterocycles. The molecular formula is C33H27ClN2O5S. The van der Waals surface area contributed by atoms with Crippen LogP contribution in [0.2, 0.25) is 5.02 Å². The van der Waals surface area contributed by atoms with E-state index in [2.05, 4.69) is 5.92 Å². The largest absolute Gasteiger partial charge is 0.490 e. The summed E-state index contributed by atoms with van der Waals surface area (Å²) < 4.78 is 18.8. The smallest absolute Gasteiger partial charge is 0.338 e. The van der Waals surface area contributed by atoms with Crippen molar-refractivity contribution in [3.05, 3.63) is 120 Å². The molecule has 0 bridgehead atoms. The molecule has 0 spiro atoms. The number of ether oxygens (including phenoxy) is 3. The second-order valence-corrected chi connectivity index (χ2v) is 10.6. The van der Waals surface area contributed by atoms with E-state index in [9.17, 15) is 9.59 Å². The van der Waals surface area contributed by atoms with Crippen LogP contribution in [0.5, 0.6) is 11.5 Å². The zero-order valence-electron chi connectivity index (χ0n) is 23.0. The van der Waals surface area contributed by atoms with Crippen LogP contribution < -0.4 is 24.4 Å². The van der Waals surface area contributed by atoms with E-state index in [4.69, 9.17) is 37.2 Å². The van der Waals surface area contributed by atoms with E-state index in [0.717, 1.165) is 11.1 Å². The molecule has 0 aliphatic carbocycles. The average molecular weight is 599 g/mol. The molecule has 0 unspecified atom stereocenters. The SMILES string of the molecule is C#CCOc1ccc(/C=c2\sc3n(c2=O)[C@H](c2ccc(Cl)cc2)C(C(=O)OCC)=C(c2ccccc2)N=3)cc1OCC. The first kappa shape index (κ1) is 28.9. The van der Waals surface area contributed by atoms with Gasteiger partial charge in [-0.1, -0.05) is 77.4 Å². The topological polar surface area (TPSA) is 79.1 Å². The average Bonchev–Trinajstić information content (AvgIpc) is 3.31. The molecule has 5 rings (SSSR count). The van der Waals surface area contributed by atoms with E-state index < -0.39 is 12.0 Å². The number of hydrogen-bond acceptors (Lipinski definition) is 7. The van der Waals surface area contributed by atoms with E-state index in [1.54, 1.807) is 54.0 Å². The molecule has 4 aromatic rings. The maximum atomic E-state index is 14.1. The van der Waals surface area contributed by atoms with E-state index in [1.165, 1.54) is 11.3 Å². The van der Waals surface area contributed by atoms with Crippen molar-refractivity contribution < 1.29 is 19.0 Å². The van der Waals surface area contributed by atoms with Crippen molar-refractivity contribution in [2.75, 3.05) is 19.8 Å². The first-order valence-corrected chi connectivity index (χ1v) is 14.5. The monoisotopic (exact) mass is 598 g/mol. The van der Waals surface area contributed by atoms with Crippen LogP contribution in [0.3, 0.4) is 0 Å². The predicted molar refractivity (Wildman–Crippen MR) is 164 cm³/mol. The number of benzene rings is 3. The van der Waals surface area contributed by atoms with E-state index >= 15 is 0 Å². The maximum Gasteiger partial charge on any atom is 0.338 e. The Balaban J connectivity index is 1.74. The van der Waals surface area contributed by atoms with Crippen LogP contribution in [-0.2, 0) is 9.53 Å². The number of terminal acetylenes is 1. The lowest BCUT2D eigenvalue weighted by Gasteiger charge is -2.25. The van der Waals surface area contributed by atoms with Gasteiger partial charge in [-0.2, -0.15) is 0 Å². The first-order valence-electron chi connectivity index (χ1n) is 13.3. The summed E-state index contributed by atoms with van der Waals surface area (Å²) in [5.41, 5.74) is 2.60. The number of fused-ring (bicyclic) bond motifs is 1. The summed E-state index contributed by atoms with van der Waals surface area (Å²) in [6, 6.07) is 21.1. The Morgan fingerprint density at radius 1 is 1.05 bits per heavy atom. The van der Waals surface area contributed by atoms with Gasteiger partial charge in [0.05, 0.1) is 35.1 Å². The van der Waals surface area contributed by atoms with Crippen molar-refractivity contribution in [1.29, 1.82) is 0 Å². The lowest BCUT2D eigenvalue weighted by atomic mass is 9.93. The number of halogens is 1. The van der Waals surface area contributed by atoms with Gasteiger partial charge < -0.3 is 14.2 Å². The van der Waals surface area contributed by atoms with Crippen LogP contribution in [0.25, 0.3) is 11.8 Å². The zero-order valence-corrected chi connectivity index (χ0v) is 24.6. The Morgan fingerprint density at radius 2 is 1.81 bits per heavy atom. The highest BCUT2D eigenvalue weighted by Gasteiger charge is 2.35. The third kappa shape index (κ3) is 5.89. The summed E-state index contributed by atoms with van der Waals surface area (Å²) in [6.45, 7) is 4.32. The molecule has 9 heteroatoms. The maximum absolute atomic E-state index is 14.1. The summed E-state index contributed by atoms with van der Waals surface area (Å²) in [7, 11) is 0. The summed E-state index contributed by atoms with van der Waals surface area (Å²) in [5, 5.41) is 0.538. The third-order valence-corrected chi connectivity index (χ3v) is 7.67. The van der Waals surface area contributed by atoms with E-state index in [1.807, 2.05) is 43.3 Å². The number of thiazole rings is 1. The Bertz CT molecular complexity index is 1870. The fraction of sp³-hybridized carbons (Fsp3) is 0.182. The normalized spacial score (nSPS) is 14.5. The Morgan fingerprint density at radius 3 is 2.50 bits per heavy atom. The quantitative estimate of drug-likeness (QED) is 0.200. The van der Waals surface area contributed by atoms with Crippen LogP contribution in [-0.4, -0.2) is 30.4 Å². The Labute approximate surface area is 252 Å². The third-order valence-electron chi connectivity index (χ3n) is 6.44. The molecule has 1 aliphatic rings. The van der Waals surface area contributed by atoms with Crippen molar-refractivity contribution >= 4 is 40.7 Å². The van der Waals surface area contributed by atoms with Gasteiger partial charge in [-0.15, -0.1) is 6.42 Å². The second kappa shape index (κ2) is 12.9. The molecule has 3 aromatic carbocycles. The molecule has 0 radical (unpaired) electrons. The van der Waals surface area contributed by atoms with Gasteiger partial charge in [0, 0.05) is 10.6 Å². The van der Waals surface area contributed by atoms with Gasteiger partial charge in [0.15, 0.2) is 16.3 Å². The van der Waals surface area contributed by atoms with Crippen molar-refractivity contribution in [3.63, 3.8) is 0 Å². The molecular weight excluding hydrogens is 572 g/mol. The van der Waals surface area contributed by atoms with Crippen LogP contribution in [0, 0.1) is 12.3 Å². The van der Waals surface area contributed by atoms with Crippen LogP contribution in [0.4, 0.5) is 0 Å². The number of nitrogens with zero attached hydrogens (tertiary/aromatic N) is 2. The second-order valence-electron chi connectivity index (χ2n) is 9.12. The van der Waals surface area contributed by atoms with E-state index in [-0.39, 0.29) is 24.3 Å². The minimum absolute atomic E-state index is 0.106.